The van der Waals surface area contributed by atoms with E-state index in [0.717, 1.165) is 12.8 Å². The summed E-state index contributed by atoms with van der Waals surface area (Å²) in [6.07, 6.45) is 7.34. The molecule has 1 fully saturated rings. The van der Waals surface area contributed by atoms with Crippen molar-refractivity contribution in [3.8, 4) is 5.88 Å². The number of nitrogen functional groups attached to an aromatic ring is 1. The molecular weight excluding hydrogens is 364 g/mol. The highest BCUT2D eigenvalue weighted by Crippen LogP contribution is 2.35. The number of H-pyrrole nitrogens is 1. The Morgan fingerprint density at radius 2 is 1.85 bits per heavy atom. The van der Waals surface area contributed by atoms with Gasteiger partial charge in [0.2, 0.25) is 15.7 Å². The SMILES string of the molecule is Nc1[nH]c2c(OCC3CCCCC3)ncnc2c1S(=O)(=O)c1ccccc1. The van der Waals surface area contributed by atoms with Crippen LogP contribution < -0.4 is 10.5 Å². The number of hydrogen-bond acceptors (Lipinski definition) is 6. The van der Waals surface area contributed by atoms with Gasteiger partial charge < -0.3 is 15.5 Å². The zero-order valence-corrected chi connectivity index (χ0v) is 15.7. The van der Waals surface area contributed by atoms with Crippen molar-refractivity contribution in [1.82, 2.24) is 15.0 Å². The lowest BCUT2D eigenvalue weighted by Gasteiger charge is -2.21. The second-order valence-corrected chi connectivity index (χ2v) is 8.79. The van der Waals surface area contributed by atoms with E-state index in [4.69, 9.17) is 10.5 Å². The van der Waals surface area contributed by atoms with Gasteiger partial charge in [-0.1, -0.05) is 37.5 Å². The molecule has 27 heavy (non-hydrogen) atoms. The summed E-state index contributed by atoms with van der Waals surface area (Å²) in [6.45, 7) is 0.561. The van der Waals surface area contributed by atoms with Gasteiger partial charge in [-0.05, 0) is 30.9 Å². The number of aromatic nitrogens is 3. The van der Waals surface area contributed by atoms with Crippen LogP contribution in [-0.2, 0) is 9.84 Å². The van der Waals surface area contributed by atoms with Gasteiger partial charge in [0.25, 0.3) is 0 Å². The highest BCUT2D eigenvalue weighted by atomic mass is 32.2. The second kappa shape index (κ2) is 7.19. The predicted molar refractivity (Wildman–Crippen MR) is 102 cm³/mol. The summed E-state index contributed by atoms with van der Waals surface area (Å²) in [5, 5.41) is 0. The number of aromatic amines is 1. The molecule has 1 aromatic carbocycles. The van der Waals surface area contributed by atoms with Crippen LogP contribution in [0.2, 0.25) is 0 Å². The summed E-state index contributed by atoms with van der Waals surface area (Å²) in [4.78, 5) is 11.4. The molecule has 2 aromatic heterocycles. The average Bonchev–Trinajstić information content (AvgIpc) is 3.05. The Kier molecular flexibility index (Phi) is 4.73. The third kappa shape index (κ3) is 3.37. The number of anilines is 1. The first-order chi connectivity index (χ1) is 13.1. The standard InChI is InChI=1S/C19H22N4O3S/c20-18-17(27(24,25)14-9-5-2-6-10-14)15-16(23-18)19(22-12-21-15)26-11-13-7-3-1-4-8-13/h2,5-6,9-10,12-13,23H,1,3-4,7-8,11,20H2. The van der Waals surface area contributed by atoms with Crippen molar-refractivity contribution in [3.05, 3.63) is 36.7 Å². The van der Waals surface area contributed by atoms with E-state index < -0.39 is 9.84 Å². The minimum Gasteiger partial charge on any atom is -0.476 e. The number of hydrogen-bond donors (Lipinski definition) is 2. The number of rotatable bonds is 5. The maximum atomic E-state index is 13.0. The minimum atomic E-state index is -3.81. The Labute approximate surface area is 157 Å². The monoisotopic (exact) mass is 386 g/mol. The summed E-state index contributed by atoms with van der Waals surface area (Å²) in [5.41, 5.74) is 6.70. The van der Waals surface area contributed by atoms with Gasteiger partial charge in [0.15, 0.2) is 0 Å². The number of benzene rings is 1. The quantitative estimate of drug-likeness (QED) is 0.696. The Morgan fingerprint density at radius 1 is 1.11 bits per heavy atom. The molecule has 142 valence electrons. The molecule has 0 atom stereocenters. The van der Waals surface area contributed by atoms with Crippen LogP contribution in [0.1, 0.15) is 32.1 Å². The van der Waals surface area contributed by atoms with Gasteiger partial charge in [-0.3, -0.25) is 0 Å². The Morgan fingerprint density at radius 3 is 2.59 bits per heavy atom. The predicted octanol–water partition coefficient (Wildman–Crippen LogP) is 3.33. The average molecular weight is 386 g/mol. The molecule has 1 aliphatic carbocycles. The van der Waals surface area contributed by atoms with Gasteiger partial charge in [0.05, 0.1) is 11.5 Å². The van der Waals surface area contributed by atoms with E-state index in [1.807, 2.05) is 0 Å². The number of nitrogens with two attached hydrogens (primary N) is 1. The van der Waals surface area contributed by atoms with Crippen molar-refractivity contribution in [2.24, 2.45) is 5.92 Å². The molecule has 1 saturated carbocycles. The van der Waals surface area contributed by atoms with Crippen molar-refractivity contribution < 1.29 is 13.2 Å². The van der Waals surface area contributed by atoms with Crippen LogP contribution >= 0.6 is 0 Å². The molecule has 0 bridgehead atoms. The molecular formula is C19H22N4O3S. The fraction of sp³-hybridized carbons (Fsp3) is 0.368. The van der Waals surface area contributed by atoms with Crippen LogP contribution in [0.4, 0.5) is 5.82 Å². The summed E-state index contributed by atoms with van der Waals surface area (Å²) in [7, 11) is -3.81. The van der Waals surface area contributed by atoms with Crippen molar-refractivity contribution in [2.45, 2.75) is 41.9 Å². The number of ether oxygens (including phenoxy) is 1. The van der Waals surface area contributed by atoms with Crippen LogP contribution in [0.5, 0.6) is 5.88 Å². The van der Waals surface area contributed by atoms with Crippen LogP contribution in [0.25, 0.3) is 11.0 Å². The molecule has 3 aromatic rings. The zero-order valence-electron chi connectivity index (χ0n) is 14.9. The van der Waals surface area contributed by atoms with Gasteiger partial charge in [0, 0.05) is 0 Å². The highest BCUT2D eigenvalue weighted by molar-refractivity contribution is 7.92. The van der Waals surface area contributed by atoms with Gasteiger partial charge in [0.1, 0.15) is 28.1 Å². The minimum absolute atomic E-state index is 0.0337. The fourth-order valence-electron chi connectivity index (χ4n) is 3.62. The first kappa shape index (κ1) is 17.8. The maximum absolute atomic E-state index is 13.0. The zero-order chi connectivity index (χ0) is 18.9. The van der Waals surface area contributed by atoms with Crippen LogP contribution in [0, 0.1) is 5.92 Å². The van der Waals surface area contributed by atoms with Gasteiger partial charge in [-0.2, -0.15) is 4.98 Å². The van der Waals surface area contributed by atoms with Gasteiger partial charge in [-0.15, -0.1) is 0 Å². The lowest BCUT2D eigenvalue weighted by atomic mass is 9.90. The van der Waals surface area contributed by atoms with Crippen molar-refractivity contribution in [2.75, 3.05) is 12.3 Å². The number of nitrogens with one attached hydrogen (secondary N) is 1. The Hall–Kier alpha value is -2.61. The van der Waals surface area contributed by atoms with Crippen molar-refractivity contribution in [3.63, 3.8) is 0 Å². The van der Waals surface area contributed by atoms with Gasteiger partial charge in [-0.25, -0.2) is 13.4 Å². The normalized spacial score (nSPS) is 15.9. The largest absolute Gasteiger partial charge is 0.476 e. The number of fused-ring (bicyclic) bond motifs is 1. The lowest BCUT2D eigenvalue weighted by Crippen LogP contribution is -2.15. The molecule has 2 heterocycles. The summed E-state index contributed by atoms with van der Waals surface area (Å²) in [5.74, 6) is 0.882. The Bertz CT molecular complexity index is 1040. The molecule has 1 aliphatic rings. The van der Waals surface area contributed by atoms with Gasteiger partial charge >= 0.3 is 0 Å². The molecule has 0 saturated heterocycles. The van der Waals surface area contributed by atoms with E-state index in [9.17, 15) is 8.42 Å². The first-order valence-corrected chi connectivity index (χ1v) is 10.6. The molecule has 0 aliphatic heterocycles. The summed E-state index contributed by atoms with van der Waals surface area (Å²) in [6, 6.07) is 8.18. The van der Waals surface area contributed by atoms with Crippen molar-refractivity contribution >= 4 is 26.7 Å². The van der Waals surface area contributed by atoms with E-state index in [1.165, 1.54) is 37.7 Å². The fourth-order valence-corrected chi connectivity index (χ4v) is 5.12. The lowest BCUT2D eigenvalue weighted by molar-refractivity contribution is 0.204. The maximum Gasteiger partial charge on any atom is 0.241 e. The van der Waals surface area contributed by atoms with Crippen LogP contribution in [0.3, 0.4) is 0 Å². The molecule has 0 spiro atoms. The number of nitrogens with zero attached hydrogens (tertiary/aromatic N) is 2. The van der Waals surface area contributed by atoms with Crippen LogP contribution in [0.15, 0.2) is 46.5 Å². The first-order valence-electron chi connectivity index (χ1n) is 9.12. The topological polar surface area (TPSA) is 111 Å². The van der Waals surface area contributed by atoms with Crippen LogP contribution in [-0.4, -0.2) is 30.0 Å². The smallest absolute Gasteiger partial charge is 0.241 e. The highest BCUT2D eigenvalue weighted by Gasteiger charge is 2.28. The van der Waals surface area contributed by atoms with E-state index in [1.54, 1.807) is 18.2 Å². The molecule has 0 unspecified atom stereocenters. The molecule has 3 N–H and O–H groups in total. The second-order valence-electron chi connectivity index (χ2n) is 6.90. The molecule has 0 radical (unpaired) electrons. The number of sulfone groups is 1. The summed E-state index contributed by atoms with van der Waals surface area (Å²) >= 11 is 0. The van der Waals surface area contributed by atoms with E-state index in [2.05, 4.69) is 15.0 Å². The van der Waals surface area contributed by atoms with Crippen molar-refractivity contribution in [1.29, 1.82) is 0 Å². The van der Waals surface area contributed by atoms with E-state index >= 15 is 0 Å². The molecule has 0 amide bonds. The molecule has 4 rings (SSSR count). The Balaban J connectivity index is 1.71. The molecule has 8 heteroatoms. The molecule has 7 nitrogen and oxygen atoms in total. The summed E-state index contributed by atoms with van der Waals surface area (Å²) < 4.78 is 32.0. The third-order valence-electron chi connectivity index (χ3n) is 5.03. The van der Waals surface area contributed by atoms with E-state index in [0.29, 0.717) is 23.9 Å². The van der Waals surface area contributed by atoms with E-state index in [-0.39, 0.29) is 21.1 Å². The third-order valence-corrected chi connectivity index (χ3v) is 6.88.